The van der Waals surface area contributed by atoms with Crippen LogP contribution in [0.15, 0.2) is 42.5 Å². The second-order valence-corrected chi connectivity index (χ2v) is 7.67. The van der Waals surface area contributed by atoms with E-state index in [1.54, 1.807) is 44.6 Å². The van der Waals surface area contributed by atoms with Crippen LogP contribution in [0.3, 0.4) is 0 Å². The molecule has 0 radical (unpaired) electrons. The quantitative estimate of drug-likeness (QED) is 0.616. The molecule has 9 heteroatoms. The molecule has 33 heavy (non-hydrogen) atoms. The molecule has 0 aliphatic carbocycles. The van der Waals surface area contributed by atoms with Gasteiger partial charge in [0, 0.05) is 26.1 Å². The third-order valence-corrected chi connectivity index (χ3v) is 5.44. The van der Waals surface area contributed by atoms with Gasteiger partial charge in [-0.1, -0.05) is 6.07 Å². The predicted octanol–water partition coefficient (Wildman–Crippen LogP) is 2.39. The summed E-state index contributed by atoms with van der Waals surface area (Å²) >= 11 is 0. The summed E-state index contributed by atoms with van der Waals surface area (Å²) in [6.45, 7) is 3.05. The van der Waals surface area contributed by atoms with Gasteiger partial charge in [0.15, 0.2) is 11.5 Å². The molecule has 2 aromatic rings. The Morgan fingerprint density at radius 2 is 1.70 bits per heavy atom. The molecule has 174 valence electrons. The number of carbonyl (C=O) groups excluding carboxylic acids is 4. The molecule has 0 saturated carbocycles. The molecule has 2 aromatic carbocycles. The van der Waals surface area contributed by atoms with E-state index in [9.17, 15) is 19.2 Å². The number of rotatable bonds is 8. The molecule has 1 fully saturated rings. The zero-order chi connectivity index (χ0) is 24.1. The normalized spacial score (nSPS) is 15.4. The fraction of sp³-hybridized carbons (Fsp3) is 0.333. The number of ether oxygens (including phenoxy) is 2. The number of nitrogens with zero attached hydrogens (tertiary/aromatic N) is 2. The molecule has 1 N–H and O–H groups in total. The first-order valence-electron chi connectivity index (χ1n) is 10.5. The summed E-state index contributed by atoms with van der Waals surface area (Å²) < 4.78 is 10.6. The standard InChI is InChI=1S/C24H27N3O6/c1-15(28)25-18-6-8-19(9-7-18)27-23(30)14-20(24(27)31)26(16(2)29)12-11-17-5-10-21(32-3)22(13-17)33-4/h5-10,13,20H,11-12,14H2,1-4H3,(H,25,28). The maximum atomic E-state index is 13.1. The molecule has 0 bridgehead atoms. The molecule has 1 aliphatic rings. The van der Waals surface area contributed by atoms with Crippen LogP contribution in [-0.4, -0.2) is 55.3 Å². The second-order valence-electron chi connectivity index (χ2n) is 7.67. The largest absolute Gasteiger partial charge is 0.493 e. The number of hydrogen-bond acceptors (Lipinski definition) is 6. The lowest BCUT2D eigenvalue weighted by molar-refractivity contribution is -0.136. The Balaban J connectivity index is 1.75. The van der Waals surface area contributed by atoms with Crippen molar-refractivity contribution < 1.29 is 28.7 Å². The van der Waals surface area contributed by atoms with Gasteiger partial charge in [0.2, 0.25) is 17.7 Å². The Labute approximate surface area is 192 Å². The van der Waals surface area contributed by atoms with Crippen LogP contribution in [0.2, 0.25) is 0 Å². The van der Waals surface area contributed by atoms with Crippen LogP contribution in [0.25, 0.3) is 0 Å². The Morgan fingerprint density at radius 3 is 2.27 bits per heavy atom. The van der Waals surface area contributed by atoms with E-state index in [1.807, 2.05) is 12.1 Å². The lowest BCUT2D eigenvalue weighted by Crippen LogP contribution is -2.45. The summed E-state index contributed by atoms with van der Waals surface area (Å²) in [7, 11) is 3.10. The summed E-state index contributed by atoms with van der Waals surface area (Å²) in [6.07, 6.45) is 0.390. The first kappa shape index (κ1) is 23.8. The van der Waals surface area contributed by atoms with E-state index in [0.717, 1.165) is 10.5 Å². The van der Waals surface area contributed by atoms with E-state index < -0.39 is 11.9 Å². The van der Waals surface area contributed by atoms with E-state index in [1.165, 1.54) is 18.7 Å². The van der Waals surface area contributed by atoms with Crippen LogP contribution in [-0.2, 0) is 25.6 Å². The van der Waals surface area contributed by atoms with Crippen LogP contribution in [0, 0.1) is 0 Å². The number of anilines is 2. The Morgan fingerprint density at radius 1 is 1.03 bits per heavy atom. The Hall–Kier alpha value is -3.88. The number of nitrogens with one attached hydrogen (secondary N) is 1. The van der Waals surface area contributed by atoms with Crippen molar-refractivity contribution >= 4 is 35.0 Å². The average molecular weight is 453 g/mol. The summed E-state index contributed by atoms with van der Waals surface area (Å²) in [5, 5.41) is 2.64. The van der Waals surface area contributed by atoms with Crippen molar-refractivity contribution in [1.29, 1.82) is 0 Å². The highest BCUT2D eigenvalue weighted by Crippen LogP contribution is 2.29. The van der Waals surface area contributed by atoms with Gasteiger partial charge in [-0.3, -0.25) is 19.2 Å². The maximum absolute atomic E-state index is 13.1. The van der Waals surface area contributed by atoms with Crippen molar-refractivity contribution in [3.63, 3.8) is 0 Å². The molecule has 1 saturated heterocycles. The number of amides is 4. The lowest BCUT2D eigenvalue weighted by atomic mass is 10.1. The topological polar surface area (TPSA) is 105 Å². The van der Waals surface area contributed by atoms with Gasteiger partial charge in [0.1, 0.15) is 6.04 Å². The van der Waals surface area contributed by atoms with Crippen molar-refractivity contribution in [2.45, 2.75) is 32.7 Å². The van der Waals surface area contributed by atoms with Crippen molar-refractivity contribution in [2.24, 2.45) is 0 Å². The van der Waals surface area contributed by atoms with E-state index in [4.69, 9.17) is 9.47 Å². The van der Waals surface area contributed by atoms with Gasteiger partial charge >= 0.3 is 0 Å². The predicted molar refractivity (Wildman–Crippen MR) is 122 cm³/mol. The third-order valence-electron chi connectivity index (χ3n) is 5.44. The molecule has 1 unspecified atom stereocenters. The fourth-order valence-corrected chi connectivity index (χ4v) is 3.85. The van der Waals surface area contributed by atoms with Crippen molar-refractivity contribution in [3.8, 4) is 11.5 Å². The van der Waals surface area contributed by atoms with E-state index in [0.29, 0.717) is 29.3 Å². The smallest absolute Gasteiger partial charge is 0.257 e. The number of methoxy groups -OCH3 is 2. The third kappa shape index (κ3) is 5.31. The molecular weight excluding hydrogens is 426 g/mol. The zero-order valence-corrected chi connectivity index (χ0v) is 19.1. The average Bonchev–Trinajstić information content (AvgIpc) is 3.07. The summed E-state index contributed by atoms with van der Waals surface area (Å²) in [5.41, 5.74) is 1.85. The van der Waals surface area contributed by atoms with E-state index in [2.05, 4.69) is 5.32 Å². The van der Waals surface area contributed by atoms with Crippen LogP contribution in [0.5, 0.6) is 11.5 Å². The highest BCUT2D eigenvalue weighted by Gasteiger charge is 2.43. The number of benzene rings is 2. The first-order chi connectivity index (χ1) is 15.7. The number of hydrogen-bond donors (Lipinski definition) is 1. The van der Waals surface area contributed by atoms with Crippen LogP contribution in [0.4, 0.5) is 11.4 Å². The van der Waals surface area contributed by atoms with E-state index >= 15 is 0 Å². The van der Waals surface area contributed by atoms with Crippen LogP contribution in [0.1, 0.15) is 25.8 Å². The summed E-state index contributed by atoms with van der Waals surface area (Å²) in [4.78, 5) is 51.9. The molecule has 0 aromatic heterocycles. The second kappa shape index (κ2) is 10.2. The molecule has 1 heterocycles. The molecule has 4 amide bonds. The van der Waals surface area contributed by atoms with Crippen LogP contribution >= 0.6 is 0 Å². The van der Waals surface area contributed by atoms with Gasteiger partial charge < -0.3 is 19.7 Å². The molecular formula is C24H27N3O6. The van der Waals surface area contributed by atoms with Crippen LogP contribution < -0.4 is 19.7 Å². The first-order valence-corrected chi connectivity index (χ1v) is 10.5. The summed E-state index contributed by atoms with van der Waals surface area (Å²) in [6, 6.07) is 11.0. The SMILES string of the molecule is COc1ccc(CCN(C(C)=O)C2CC(=O)N(c3ccc(NC(C)=O)cc3)C2=O)cc1OC. The highest BCUT2D eigenvalue weighted by molar-refractivity contribution is 6.23. The van der Waals surface area contributed by atoms with Gasteiger partial charge in [-0.2, -0.15) is 0 Å². The maximum Gasteiger partial charge on any atom is 0.257 e. The van der Waals surface area contributed by atoms with Gasteiger partial charge in [-0.05, 0) is 48.4 Å². The van der Waals surface area contributed by atoms with Gasteiger partial charge in [0.05, 0.1) is 26.3 Å². The molecule has 3 rings (SSSR count). The van der Waals surface area contributed by atoms with Gasteiger partial charge in [-0.25, -0.2) is 4.90 Å². The fourth-order valence-electron chi connectivity index (χ4n) is 3.85. The molecule has 1 atom stereocenters. The van der Waals surface area contributed by atoms with Crippen molar-refractivity contribution in [2.75, 3.05) is 31.0 Å². The van der Waals surface area contributed by atoms with Crippen molar-refractivity contribution in [3.05, 3.63) is 48.0 Å². The monoisotopic (exact) mass is 453 g/mol. The molecule has 1 aliphatic heterocycles. The van der Waals surface area contributed by atoms with E-state index in [-0.39, 0.29) is 30.7 Å². The summed E-state index contributed by atoms with van der Waals surface area (Å²) in [5.74, 6) is -0.164. The minimum atomic E-state index is -0.870. The zero-order valence-electron chi connectivity index (χ0n) is 19.1. The Bertz CT molecular complexity index is 1070. The lowest BCUT2D eigenvalue weighted by Gasteiger charge is -2.26. The van der Waals surface area contributed by atoms with Gasteiger partial charge in [0.25, 0.3) is 5.91 Å². The highest BCUT2D eigenvalue weighted by atomic mass is 16.5. The number of imide groups is 1. The molecule has 0 spiro atoms. The minimum Gasteiger partial charge on any atom is -0.493 e. The molecule has 9 nitrogen and oxygen atoms in total. The number of carbonyl (C=O) groups is 4. The van der Waals surface area contributed by atoms with Crippen molar-refractivity contribution in [1.82, 2.24) is 4.90 Å². The van der Waals surface area contributed by atoms with Gasteiger partial charge in [-0.15, -0.1) is 0 Å². The Kier molecular flexibility index (Phi) is 7.32. The minimum absolute atomic E-state index is 0.0855.